The van der Waals surface area contributed by atoms with Crippen LogP contribution in [-0.2, 0) is 9.59 Å². The number of rotatable bonds is 4. The highest BCUT2D eigenvalue weighted by Gasteiger charge is 2.41. The van der Waals surface area contributed by atoms with Crippen LogP contribution in [-0.4, -0.2) is 46.5 Å². The van der Waals surface area contributed by atoms with Gasteiger partial charge < -0.3 is 10.0 Å². The number of amides is 1. The number of nitrogens with zero attached hydrogens (tertiary/aromatic N) is 1. The number of thioether (sulfide) groups is 1. The molecule has 1 aliphatic heterocycles. The summed E-state index contributed by atoms with van der Waals surface area (Å²) in [7, 11) is 1.84. The zero-order valence-corrected chi connectivity index (χ0v) is 13.1. The van der Waals surface area contributed by atoms with Crippen LogP contribution in [0, 0.1) is 5.41 Å². The van der Waals surface area contributed by atoms with E-state index >= 15 is 0 Å². The van der Waals surface area contributed by atoms with E-state index in [-0.39, 0.29) is 12.3 Å². The highest BCUT2D eigenvalue weighted by molar-refractivity contribution is 7.99. The third-order valence-corrected chi connectivity index (χ3v) is 6.00. The smallest absolute Gasteiger partial charge is 0.310 e. The van der Waals surface area contributed by atoms with Crippen molar-refractivity contribution in [2.75, 3.05) is 18.6 Å². The van der Waals surface area contributed by atoms with E-state index in [4.69, 9.17) is 0 Å². The third-order valence-electron chi connectivity index (χ3n) is 4.85. The van der Waals surface area contributed by atoms with Crippen molar-refractivity contribution in [2.24, 2.45) is 5.41 Å². The number of carbonyl (C=O) groups is 2. The first-order valence-corrected chi connectivity index (χ1v) is 8.77. The van der Waals surface area contributed by atoms with E-state index in [1.54, 1.807) is 4.90 Å². The third kappa shape index (κ3) is 3.48. The number of carboxylic acid groups (broad SMARTS) is 1. The van der Waals surface area contributed by atoms with Gasteiger partial charge in [0.05, 0.1) is 5.41 Å². The van der Waals surface area contributed by atoms with Crippen LogP contribution in [0.3, 0.4) is 0 Å². The van der Waals surface area contributed by atoms with Crippen molar-refractivity contribution < 1.29 is 14.7 Å². The van der Waals surface area contributed by atoms with Crippen LogP contribution < -0.4 is 0 Å². The van der Waals surface area contributed by atoms with Crippen molar-refractivity contribution in [3.8, 4) is 0 Å². The van der Waals surface area contributed by atoms with Crippen molar-refractivity contribution in [3.05, 3.63) is 0 Å². The second-order valence-corrected chi connectivity index (χ2v) is 7.35. The molecule has 2 aliphatic rings. The Hall–Kier alpha value is -0.710. The van der Waals surface area contributed by atoms with Crippen LogP contribution >= 0.6 is 11.8 Å². The van der Waals surface area contributed by atoms with Crippen LogP contribution in [0.25, 0.3) is 0 Å². The molecule has 0 spiro atoms. The summed E-state index contributed by atoms with van der Waals surface area (Å²) in [6.07, 6.45) is 6.58. The zero-order valence-electron chi connectivity index (χ0n) is 12.3. The predicted molar refractivity (Wildman–Crippen MR) is 80.9 cm³/mol. The first-order valence-electron chi connectivity index (χ1n) is 7.62. The van der Waals surface area contributed by atoms with Gasteiger partial charge in [0.25, 0.3) is 0 Å². The summed E-state index contributed by atoms with van der Waals surface area (Å²) in [5.41, 5.74) is -0.812. The van der Waals surface area contributed by atoms with E-state index in [1.807, 2.05) is 18.8 Å². The monoisotopic (exact) mass is 299 g/mol. The molecule has 2 fully saturated rings. The van der Waals surface area contributed by atoms with Gasteiger partial charge in [-0.2, -0.15) is 11.8 Å². The highest BCUT2D eigenvalue weighted by atomic mass is 32.2. The standard InChI is InChI=1S/C15H25NO3S/c1-16(12-6-9-20-11-12)13(17)10-15(14(18)19)7-4-2-3-5-8-15/h12H,2-11H2,1H3,(H,18,19). The molecule has 0 radical (unpaired) electrons. The van der Waals surface area contributed by atoms with Gasteiger partial charge >= 0.3 is 5.97 Å². The molecule has 4 nitrogen and oxygen atoms in total. The van der Waals surface area contributed by atoms with Crippen LogP contribution in [0.5, 0.6) is 0 Å². The number of carboxylic acids is 1. The van der Waals surface area contributed by atoms with Crippen LogP contribution in [0.2, 0.25) is 0 Å². The van der Waals surface area contributed by atoms with Crippen molar-refractivity contribution in [3.63, 3.8) is 0 Å². The van der Waals surface area contributed by atoms with Gasteiger partial charge in [-0.15, -0.1) is 0 Å². The van der Waals surface area contributed by atoms with Gasteiger partial charge in [0.15, 0.2) is 0 Å². The summed E-state index contributed by atoms with van der Waals surface area (Å²) in [6, 6.07) is 0.295. The summed E-state index contributed by atoms with van der Waals surface area (Å²) in [4.78, 5) is 26.0. The summed E-state index contributed by atoms with van der Waals surface area (Å²) >= 11 is 1.87. The van der Waals surface area contributed by atoms with Gasteiger partial charge in [-0.1, -0.05) is 25.7 Å². The summed E-state index contributed by atoms with van der Waals surface area (Å²) in [5, 5.41) is 9.63. The van der Waals surface area contributed by atoms with Crippen molar-refractivity contribution in [1.29, 1.82) is 0 Å². The minimum atomic E-state index is -0.812. The minimum absolute atomic E-state index is 0.0156. The maximum Gasteiger partial charge on any atom is 0.310 e. The Balaban J connectivity index is 2.03. The van der Waals surface area contributed by atoms with E-state index in [0.717, 1.165) is 43.6 Å². The van der Waals surface area contributed by atoms with E-state index in [1.165, 1.54) is 0 Å². The lowest BCUT2D eigenvalue weighted by Gasteiger charge is -2.31. The molecule has 114 valence electrons. The molecule has 0 aromatic rings. The number of aliphatic carboxylic acids is 1. The largest absolute Gasteiger partial charge is 0.481 e. The Bertz CT molecular complexity index is 358. The van der Waals surface area contributed by atoms with Crippen molar-refractivity contribution in [1.82, 2.24) is 4.90 Å². The van der Waals surface area contributed by atoms with Gasteiger partial charge in [-0.3, -0.25) is 9.59 Å². The fourth-order valence-corrected chi connectivity index (χ4v) is 4.58. The SMILES string of the molecule is CN(C(=O)CC1(C(=O)O)CCCCCC1)C1CCSC1. The molecule has 20 heavy (non-hydrogen) atoms. The topological polar surface area (TPSA) is 57.6 Å². The van der Waals surface area contributed by atoms with Crippen LogP contribution in [0.15, 0.2) is 0 Å². The molecular weight excluding hydrogens is 274 g/mol. The lowest BCUT2D eigenvalue weighted by molar-refractivity contribution is -0.154. The minimum Gasteiger partial charge on any atom is -0.481 e. The summed E-state index contributed by atoms with van der Waals surface area (Å²) in [6.45, 7) is 0. The molecule has 0 aromatic carbocycles. The molecule has 2 rings (SSSR count). The van der Waals surface area contributed by atoms with Gasteiger partial charge in [-0.05, 0) is 25.0 Å². The van der Waals surface area contributed by atoms with Crippen molar-refractivity contribution >= 4 is 23.6 Å². The lowest BCUT2D eigenvalue weighted by atomic mass is 9.77. The average Bonchev–Trinajstić information content (AvgIpc) is 2.85. The lowest BCUT2D eigenvalue weighted by Crippen LogP contribution is -2.42. The number of carbonyl (C=O) groups excluding carboxylic acids is 1. The van der Waals surface area contributed by atoms with Gasteiger partial charge in [0.1, 0.15) is 0 Å². The molecule has 1 N–H and O–H groups in total. The molecule has 1 aliphatic carbocycles. The normalized spacial score (nSPS) is 25.9. The number of hydrogen-bond donors (Lipinski definition) is 1. The summed E-state index contributed by atoms with van der Waals surface area (Å²) < 4.78 is 0. The first kappa shape index (κ1) is 15.7. The molecule has 0 aromatic heterocycles. The van der Waals surface area contributed by atoms with Crippen LogP contribution in [0.4, 0.5) is 0 Å². The second kappa shape index (κ2) is 6.83. The summed E-state index contributed by atoms with van der Waals surface area (Å²) in [5.74, 6) is 1.33. The van der Waals surface area contributed by atoms with Crippen molar-refractivity contribution in [2.45, 2.75) is 57.4 Å². The molecule has 5 heteroatoms. The fraction of sp³-hybridized carbons (Fsp3) is 0.867. The van der Waals surface area contributed by atoms with E-state index in [0.29, 0.717) is 18.9 Å². The maximum atomic E-state index is 12.5. The fourth-order valence-electron chi connectivity index (χ4n) is 3.32. The Morgan fingerprint density at radius 3 is 2.40 bits per heavy atom. The Morgan fingerprint density at radius 2 is 1.90 bits per heavy atom. The molecule has 0 bridgehead atoms. The zero-order chi connectivity index (χ0) is 14.6. The average molecular weight is 299 g/mol. The number of hydrogen-bond acceptors (Lipinski definition) is 3. The molecule has 1 saturated heterocycles. The highest BCUT2D eigenvalue weighted by Crippen LogP contribution is 2.39. The first-order chi connectivity index (χ1) is 9.55. The van der Waals surface area contributed by atoms with Crippen LogP contribution in [0.1, 0.15) is 51.4 Å². The Kier molecular flexibility index (Phi) is 5.35. The van der Waals surface area contributed by atoms with Gasteiger partial charge in [-0.25, -0.2) is 0 Å². The second-order valence-electron chi connectivity index (χ2n) is 6.20. The molecular formula is C15H25NO3S. The molecule has 1 atom stereocenters. The van der Waals surface area contributed by atoms with E-state index in [9.17, 15) is 14.7 Å². The van der Waals surface area contributed by atoms with E-state index in [2.05, 4.69) is 0 Å². The van der Waals surface area contributed by atoms with Gasteiger partial charge in [0, 0.05) is 25.3 Å². The molecule has 1 amide bonds. The molecule has 1 saturated carbocycles. The molecule has 1 unspecified atom stereocenters. The predicted octanol–water partition coefficient (Wildman–Crippen LogP) is 2.77. The van der Waals surface area contributed by atoms with Gasteiger partial charge in [0.2, 0.25) is 5.91 Å². The quantitative estimate of drug-likeness (QED) is 0.811. The Labute approximate surface area is 125 Å². The molecule has 1 heterocycles. The maximum absolute atomic E-state index is 12.5. The van der Waals surface area contributed by atoms with E-state index < -0.39 is 11.4 Å². The Morgan fingerprint density at radius 1 is 1.25 bits per heavy atom.